The molecule has 19 heavy (non-hydrogen) atoms. The normalized spacial score (nSPS) is 10.6. The lowest BCUT2D eigenvalue weighted by molar-refractivity contribution is 0.863. The number of hydrogen-bond donors (Lipinski definition) is 0. The van der Waals surface area contributed by atoms with Crippen molar-refractivity contribution in [2.45, 2.75) is 6.92 Å². The van der Waals surface area contributed by atoms with Crippen molar-refractivity contribution in [2.24, 2.45) is 0 Å². The van der Waals surface area contributed by atoms with Gasteiger partial charge in [-0.1, -0.05) is 11.6 Å². The van der Waals surface area contributed by atoms with Crippen molar-refractivity contribution >= 4 is 11.6 Å². The molecule has 0 saturated heterocycles. The first-order valence-corrected chi connectivity index (χ1v) is 6.20. The zero-order valence-electron chi connectivity index (χ0n) is 10.3. The van der Waals surface area contributed by atoms with Crippen LogP contribution in [-0.2, 0) is 0 Å². The van der Waals surface area contributed by atoms with Crippen LogP contribution in [0.4, 0.5) is 0 Å². The number of nitrogens with zero attached hydrogens (tertiary/aromatic N) is 4. The second kappa shape index (κ2) is 4.82. The van der Waals surface area contributed by atoms with E-state index in [4.69, 9.17) is 11.6 Å². The highest BCUT2D eigenvalue weighted by molar-refractivity contribution is 6.30. The van der Waals surface area contributed by atoms with E-state index in [-0.39, 0.29) is 0 Å². The van der Waals surface area contributed by atoms with E-state index in [0.717, 1.165) is 22.6 Å². The molecule has 0 N–H and O–H groups in total. The zero-order chi connectivity index (χ0) is 13.2. The summed E-state index contributed by atoms with van der Waals surface area (Å²) in [5.74, 6) is 0. The molecule has 5 heteroatoms. The number of benzene rings is 1. The van der Waals surface area contributed by atoms with Gasteiger partial charge in [0.1, 0.15) is 6.33 Å². The second-order valence-electron chi connectivity index (χ2n) is 4.14. The van der Waals surface area contributed by atoms with E-state index in [0.29, 0.717) is 5.02 Å². The van der Waals surface area contributed by atoms with Crippen LogP contribution in [0.5, 0.6) is 0 Å². The van der Waals surface area contributed by atoms with Crippen molar-refractivity contribution in [1.29, 1.82) is 0 Å². The molecule has 0 aliphatic rings. The van der Waals surface area contributed by atoms with Crippen LogP contribution in [0.25, 0.3) is 16.9 Å². The summed E-state index contributed by atoms with van der Waals surface area (Å²) in [6.07, 6.45) is 5.22. The Morgan fingerprint density at radius 1 is 1.11 bits per heavy atom. The van der Waals surface area contributed by atoms with E-state index < -0.39 is 0 Å². The summed E-state index contributed by atoms with van der Waals surface area (Å²) in [5.41, 5.74) is 3.76. The number of rotatable bonds is 2. The Labute approximate surface area is 115 Å². The van der Waals surface area contributed by atoms with E-state index in [1.165, 1.54) is 6.33 Å². The fourth-order valence-electron chi connectivity index (χ4n) is 1.89. The van der Waals surface area contributed by atoms with Crippen LogP contribution < -0.4 is 0 Å². The molecule has 0 spiro atoms. The summed E-state index contributed by atoms with van der Waals surface area (Å²) in [7, 11) is 0. The van der Waals surface area contributed by atoms with Crippen LogP contribution in [0.15, 0.2) is 49.1 Å². The lowest BCUT2D eigenvalue weighted by Gasteiger charge is -2.00. The minimum Gasteiger partial charge on any atom is -0.245 e. The Morgan fingerprint density at radius 3 is 2.58 bits per heavy atom. The first kappa shape index (κ1) is 11.9. The molecule has 0 amide bonds. The van der Waals surface area contributed by atoms with Crippen molar-refractivity contribution in [1.82, 2.24) is 19.7 Å². The smallest absolute Gasteiger partial charge is 0.116 e. The molecule has 0 fully saturated rings. The summed E-state index contributed by atoms with van der Waals surface area (Å²) >= 11 is 5.88. The molecule has 0 bridgehead atoms. The maximum absolute atomic E-state index is 5.88. The van der Waals surface area contributed by atoms with Crippen molar-refractivity contribution in [3.8, 4) is 16.9 Å². The van der Waals surface area contributed by atoms with Crippen molar-refractivity contribution < 1.29 is 0 Å². The average molecular weight is 271 g/mol. The van der Waals surface area contributed by atoms with Gasteiger partial charge in [0, 0.05) is 23.0 Å². The molecule has 1 aromatic carbocycles. The van der Waals surface area contributed by atoms with Gasteiger partial charge in [-0.25, -0.2) is 14.6 Å². The van der Waals surface area contributed by atoms with Gasteiger partial charge >= 0.3 is 0 Å². The standard InChI is InChI=1S/C14H11ClN4/c1-10-13(14-6-7-16-9-17-14)8-19(18-10)12-4-2-11(15)3-5-12/h2-9H,1H3. The molecular weight excluding hydrogens is 260 g/mol. The highest BCUT2D eigenvalue weighted by atomic mass is 35.5. The molecule has 2 heterocycles. The van der Waals surface area contributed by atoms with Gasteiger partial charge in [-0.2, -0.15) is 5.10 Å². The third-order valence-electron chi connectivity index (χ3n) is 2.85. The molecule has 0 radical (unpaired) electrons. The van der Waals surface area contributed by atoms with Crippen molar-refractivity contribution in [3.63, 3.8) is 0 Å². The van der Waals surface area contributed by atoms with Crippen LogP contribution in [0.1, 0.15) is 5.69 Å². The largest absolute Gasteiger partial charge is 0.245 e. The molecule has 2 aromatic heterocycles. The molecule has 3 aromatic rings. The van der Waals surface area contributed by atoms with Crippen LogP contribution in [-0.4, -0.2) is 19.7 Å². The summed E-state index contributed by atoms with van der Waals surface area (Å²) in [6.45, 7) is 1.96. The first-order valence-electron chi connectivity index (χ1n) is 5.82. The molecule has 0 saturated carbocycles. The molecular formula is C14H11ClN4. The summed E-state index contributed by atoms with van der Waals surface area (Å²) in [5, 5.41) is 5.21. The Kier molecular flexibility index (Phi) is 3.01. The molecule has 94 valence electrons. The number of aromatic nitrogens is 4. The Bertz CT molecular complexity index is 689. The topological polar surface area (TPSA) is 43.6 Å². The predicted molar refractivity (Wildman–Crippen MR) is 74.3 cm³/mol. The van der Waals surface area contributed by atoms with E-state index in [2.05, 4.69) is 15.1 Å². The maximum atomic E-state index is 5.88. The quantitative estimate of drug-likeness (QED) is 0.718. The first-order chi connectivity index (χ1) is 9.24. The van der Waals surface area contributed by atoms with Crippen LogP contribution in [0, 0.1) is 6.92 Å². The second-order valence-corrected chi connectivity index (χ2v) is 4.58. The summed E-state index contributed by atoms with van der Waals surface area (Å²) in [4.78, 5) is 8.17. The van der Waals surface area contributed by atoms with Gasteiger partial charge in [0.05, 0.1) is 17.1 Å². The minimum absolute atomic E-state index is 0.712. The van der Waals surface area contributed by atoms with Crippen molar-refractivity contribution in [2.75, 3.05) is 0 Å². The fraction of sp³-hybridized carbons (Fsp3) is 0.0714. The number of halogens is 1. The van der Waals surface area contributed by atoms with E-state index in [1.807, 2.05) is 48.1 Å². The maximum Gasteiger partial charge on any atom is 0.116 e. The van der Waals surface area contributed by atoms with Gasteiger partial charge in [-0.05, 0) is 37.3 Å². The number of aryl methyl sites for hydroxylation is 1. The Hall–Kier alpha value is -2.20. The van der Waals surface area contributed by atoms with Crippen molar-refractivity contribution in [3.05, 3.63) is 59.8 Å². The van der Waals surface area contributed by atoms with E-state index >= 15 is 0 Å². The van der Waals surface area contributed by atoms with Gasteiger partial charge < -0.3 is 0 Å². The SMILES string of the molecule is Cc1nn(-c2ccc(Cl)cc2)cc1-c1ccncn1. The van der Waals surface area contributed by atoms with E-state index in [9.17, 15) is 0 Å². The molecule has 0 aliphatic heterocycles. The molecule has 3 rings (SSSR count). The van der Waals surface area contributed by atoms with Crippen LogP contribution >= 0.6 is 11.6 Å². The van der Waals surface area contributed by atoms with Gasteiger partial charge in [-0.15, -0.1) is 0 Å². The van der Waals surface area contributed by atoms with E-state index in [1.54, 1.807) is 6.20 Å². The number of hydrogen-bond acceptors (Lipinski definition) is 3. The fourth-order valence-corrected chi connectivity index (χ4v) is 2.01. The van der Waals surface area contributed by atoms with Gasteiger partial charge in [0.25, 0.3) is 0 Å². The highest BCUT2D eigenvalue weighted by Gasteiger charge is 2.09. The Balaban J connectivity index is 2.04. The highest BCUT2D eigenvalue weighted by Crippen LogP contribution is 2.22. The molecule has 0 unspecified atom stereocenters. The van der Waals surface area contributed by atoms with Crippen LogP contribution in [0.3, 0.4) is 0 Å². The molecule has 0 atom stereocenters. The predicted octanol–water partition coefficient (Wildman–Crippen LogP) is 3.29. The lowest BCUT2D eigenvalue weighted by Crippen LogP contribution is -1.93. The van der Waals surface area contributed by atoms with Gasteiger partial charge in [0.2, 0.25) is 0 Å². The molecule has 0 aliphatic carbocycles. The summed E-state index contributed by atoms with van der Waals surface area (Å²) < 4.78 is 1.82. The van der Waals surface area contributed by atoms with Gasteiger partial charge in [-0.3, -0.25) is 0 Å². The lowest BCUT2D eigenvalue weighted by atomic mass is 10.2. The third kappa shape index (κ3) is 2.35. The van der Waals surface area contributed by atoms with Gasteiger partial charge in [0.15, 0.2) is 0 Å². The zero-order valence-corrected chi connectivity index (χ0v) is 11.0. The average Bonchev–Trinajstić information content (AvgIpc) is 2.83. The Morgan fingerprint density at radius 2 is 1.89 bits per heavy atom. The molecule has 4 nitrogen and oxygen atoms in total. The minimum atomic E-state index is 0.712. The van der Waals surface area contributed by atoms with Crippen LogP contribution in [0.2, 0.25) is 5.02 Å². The summed E-state index contributed by atoms with van der Waals surface area (Å²) in [6, 6.07) is 9.42. The third-order valence-corrected chi connectivity index (χ3v) is 3.10. The monoisotopic (exact) mass is 270 g/mol.